The van der Waals surface area contributed by atoms with E-state index in [1.54, 1.807) is 24.3 Å². The van der Waals surface area contributed by atoms with Gasteiger partial charge in [-0.1, -0.05) is 42.2 Å². The number of carboxylic acids is 1. The fourth-order valence-electron chi connectivity index (χ4n) is 2.72. The van der Waals surface area contributed by atoms with Crippen LogP contribution in [0.3, 0.4) is 0 Å². The van der Waals surface area contributed by atoms with Gasteiger partial charge in [-0.05, 0) is 13.0 Å². The van der Waals surface area contributed by atoms with E-state index in [1.165, 1.54) is 13.8 Å². The van der Waals surface area contributed by atoms with Crippen LogP contribution >= 0.6 is 24.0 Å². The molecule has 1 aromatic rings. The third-order valence-electron chi connectivity index (χ3n) is 3.92. The monoisotopic (exact) mass is 376 g/mol. The molecule has 0 spiro atoms. The maximum Gasteiger partial charge on any atom is 0.326 e. The van der Waals surface area contributed by atoms with Crippen LogP contribution in [0.5, 0.6) is 0 Å². The van der Waals surface area contributed by atoms with Gasteiger partial charge in [-0.15, -0.1) is 0 Å². The van der Waals surface area contributed by atoms with E-state index >= 15 is 0 Å². The molecule has 1 unspecified atom stereocenters. The predicted octanol–water partition coefficient (Wildman–Crippen LogP) is 1.62. The van der Waals surface area contributed by atoms with Crippen molar-refractivity contribution in [3.8, 4) is 0 Å². The van der Waals surface area contributed by atoms with Gasteiger partial charge in [0.2, 0.25) is 5.91 Å². The zero-order chi connectivity index (χ0) is 18.5. The topological polar surface area (TPSA) is 95.0 Å². The fourth-order valence-corrected chi connectivity index (χ4v) is 4.21. The van der Waals surface area contributed by atoms with Crippen molar-refractivity contribution in [1.29, 1.82) is 0 Å². The van der Waals surface area contributed by atoms with Crippen molar-refractivity contribution < 1.29 is 24.3 Å². The molecule has 3 amide bonds. The van der Waals surface area contributed by atoms with Crippen LogP contribution in [0.4, 0.5) is 5.69 Å². The van der Waals surface area contributed by atoms with Crippen molar-refractivity contribution in [2.24, 2.45) is 0 Å². The van der Waals surface area contributed by atoms with Crippen LogP contribution in [0.15, 0.2) is 29.2 Å². The zero-order valence-electron chi connectivity index (χ0n) is 13.2. The normalized spacial score (nSPS) is 21.0. The largest absolute Gasteiger partial charge is 0.480 e. The van der Waals surface area contributed by atoms with Gasteiger partial charge < -0.3 is 5.11 Å². The molecule has 25 heavy (non-hydrogen) atoms. The lowest BCUT2D eigenvalue weighted by atomic mass is 10.1. The average molecular weight is 376 g/mol. The molecule has 1 fully saturated rings. The summed E-state index contributed by atoms with van der Waals surface area (Å²) in [6, 6.07) is 5.47. The summed E-state index contributed by atoms with van der Waals surface area (Å²) in [6.07, 6.45) is 0. The van der Waals surface area contributed by atoms with E-state index in [9.17, 15) is 19.2 Å². The molecule has 1 aromatic carbocycles. The standard InChI is InChI=1S/C16H12N2O5S2/c1-7(15(22)23)17-14(21)12(25-16(17)24)11-9-5-3-4-6-10(9)18(8(2)19)13(11)20/h3-7H,1-2H3,(H,22,23)/b12-11-. The number of thiocarbonyl (C=S) groups is 1. The molecule has 2 heterocycles. The molecule has 1 saturated heterocycles. The molecule has 0 radical (unpaired) electrons. The van der Waals surface area contributed by atoms with Gasteiger partial charge >= 0.3 is 5.97 Å². The van der Waals surface area contributed by atoms with Crippen LogP contribution < -0.4 is 4.90 Å². The Morgan fingerprint density at radius 2 is 1.84 bits per heavy atom. The second-order valence-corrected chi connectivity index (χ2v) is 7.08. The van der Waals surface area contributed by atoms with Crippen molar-refractivity contribution >= 4 is 63.3 Å². The number of carbonyl (C=O) groups excluding carboxylic acids is 3. The van der Waals surface area contributed by atoms with Crippen LogP contribution in [0.25, 0.3) is 5.57 Å². The molecule has 2 aliphatic rings. The SMILES string of the molecule is CC(=O)N1C(=O)/C(=C2\SC(=S)N(C(C)C(=O)O)C2=O)c2ccccc21. The van der Waals surface area contributed by atoms with E-state index < -0.39 is 29.7 Å². The van der Waals surface area contributed by atoms with Gasteiger partial charge in [0.05, 0.1) is 16.2 Å². The summed E-state index contributed by atoms with van der Waals surface area (Å²) >= 11 is 5.99. The van der Waals surface area contributed by atoms with Gasteiger partial charge in [0.1, 0.15) is 10.4 Å². The summed E-state index contributed by atoms with van der Waals surface area (Å²) in [5, 5.41) is 9.16. The van der Waals surface area contributed by atoms with Gasteiger partial charge in [-0.3, -0.25) is 19.3 Å². The van der Waals surface area contributed by atoms with Crippen molar-refractivity contribution in [2.75, 3.05) is 4.90 Å². The number of thioether (sulfide) groups is 1. The summed E-state index contributed by atoms with van der Waals surface area (Å²) < 4.78 is 0.0638. The van der Waals surface area contributed by atoms with Crippen LogP contribution in [0.1, 0.15) is 19.4 Å². The number of para-hydroxylation sites is 1. The van der Waals surface area contributed by atoms with Crippen LogP contribution in [0, 0.1) is 0 Å². The number of carboxylic acid groups (broad SMARTS) is 1. The number of rotatable bonds is 2. The summed E-state index contributed by atoms with van der Waals surface area (Å²) in [5.74, 6) is -2.93. The number of fused-ring (bicyclic) bond motifs is 1. The first-order valence-electron chi connectivity index (χ1n) is 7.22. The second-order valence-electron chi connectivity index (χ2n) is 5.44. The molecule has 128 valence electrons. The molecule has 0 aliphatic carbocycles. The minimum absolute atomic E-state index is 0.0410. The first-order valence-corrected chi connectivity index (χ1v) is 8.45. The Morgan fingerprint density at radius 3 is 2.44 bits per heavy atom. The molecular formula is C16H12N2O5S2. The summed E-state index contributed by atoms with van der Waals surface area (Å²) in [7, 11) is 0. The number of carbonyl (C=O) groups is 4. The highest BCUT2D eigenvalue weighted by Crippen LogP contribution is 2.44. The first kappa shape index (κ1) is 17.3. The summed E-state index contributed by atoms with van der Waals surface area (Å²) in [6.45, 7) is 2.60. The van der Waals surface area contributed by atoms with Gasteiger partial charge in [-0.2, -0.15) is 0 Å². The van der Waals surface area contributed by atoms with E-state index in [2.05, 4.69) is 0 Å². The van der Waals surface area contributed by atoms with Crippen molar-refractivity contribution in [1.82, 2.24) is 4.90 Å². The lowest BCUT2D eigenvalue weighted by Gasteiger charge is -2.18. The number of anilines is 1. The molecular weight excluding hydrogens is 364 g/mol. The van der Waals surface area contributed by atoms with E-state index in [-0.39, 0.29) is 14.8 Å². The molecule has 0 saturated carbocycles. The Morgan fingerprint density at radius 1 is 1.20 bits per heavy atom. The molecule has 9 heteroatoms. The number of imide groups is 1. The second kappa shape index (κ2) is 6.08. The lowest BCUT2D eigenvalue weighted by molar-refractivity contribution is -0.144. The maximum atomic E-state index is 12.8. The highest BCUT2D eigenvalue weighted by atomic mass is 32.2. The van der Waals surface area contributed by atoms with E-state index in [1.807, 2.05) is 0 Å². The Kier molecular flexibility index (Phi) is 4.21. The minimum Gasteiger partial charge on any atom is -0.480 e. The van der Waals surface area contributed by atoms with Gasteiger partial charge in [0.15, 0.2) is 0 Å². The third kappa shape index (κ3) is 2.56. The Hall–Kier alpha value is -2.52. The smallest absolute Gasteiger partial charge is 0.326 e. The Bertz CT molecular complexity index is 892. The lowest BCUT2D eigenvalue weighted by Crippen LogP contribution is -2.41. The van der Waals surface area contributed by atoms with E-state index in [4.69, 9.17) is 17.3 Å². The molecule has 0 aromatic heterocycles. The number of benzene rings is 1. The predicted molar refractivity (Wildman–Crippen MR) is 95.7 cm³/mol. The minimum atomic E-state index is -1.20. The van der Waals surface area contributed by atoms with Crippen LogP contribution in [0.2, 0.25) is 0 Å². The average Bonchev–Trinajstić information content (AvgIpc) is 2.99. The first-order chi connectivity index (χ1) is 11.8. The van der Waals surface area contributed by atoms with Gasteiger partial charge in [0, 0.05) is 12.5 Å². The van der Waals surface area contributed by atoms with Crippen molar-refractivity contribution in [2.45, 2.75) is 19.9 Å². The maximum absolute atomic E-state index is 12.8. The highest BCUT2D eigenvalue weighted by molar-refractivity contribution is 8.26. The highest BCUT2D eigenvalue weighted by Gasteiger charge is 2.45. The Balaban J connectivity index is 2.17. The van der Waals surface area contributed by atoms with Gasteiger partial charge in [0.25, 0.3) is 11.8 Å². The number of aliphatic carboxylic acids is 1. The van der Waals surface area contributed by atoms with E-state index in [0.29, 0.717) is 11.3 Å². The molecule has 1 N–H and O–H groups in total. The van der Waals surface area contributed by atoms with Gasteiger partial charge in [-0.25, -0.2) is 9.69 Å². The van der Waals surface area contributed by atoms with Crippen molar-refractivity contribution in [3.05, 3.63) is 34.7 Å². The van der Waals surface area contributed by atoms with Crippen LogP contribution in [-0.4, -0.2) is 44.1 Å². The number of nitrogens with zero attached hydrogens (tertiary/aromatic N) is 2. The number of hydrogen-bond acceptors (Lipinski definition) is 6. The molecule has 2 aliphatic heterocycles. The third-order valence-corrected chi connectivity index (χ3v) is 5.32. The summed E-state index contributed by atoms with van der Waals surface area (Å²) in [4.78, 5) is 50.6. The zero-order valence-corrected chi connectivity index (χ0v) is 14.8. The molecule has 3 rings (SSSR count). The quantitative estimate of drug-likeness (QED) is 0.619. The molecule has 7 nitrogen and oxygen atoms in total. The number of hydrogen-bond donors (Lipinski definition) is 1. The fraction of sp³-hybridized carbons (Fsp3) is 0.188. The van der Waals surface area contributed by atoms with E-state index in [0.717, 1.165) is 21.6 Å². The molecule has 0 bridgehead atoms. The Labute approximate surface area is 152 Å². The summed E-state index contributed by atoms with van der Waals surface area (Å²) in [5.41, 5.74) is 0.918. The molecule has 1 atom stereocenters. The van der Waals surface area contributed by atoms with Crippen molar-refractivity contribution in [3.63, 3.8) is 0 Å². The number of amides is 3. The van der Waals surface area contributed by atoms with Crippen LogP contribution in [-0.2, 0) is 19.2 Å².